The van der Waals surface area contributed by atoms with Crippen molar-refractivity contribution in [3.8, 4) is 0 Å². The highest BCUT2D eigenvalue weighted by atomic mass is 19.4. The van der Waals surface area contributed by atoms with Crippen LogP contribution < -0.4 is 10.4 Å². The Kier molecular flexibility index (Phi) is 4.57. The second-order valence-corrected chi connectivity index (χ2v) is 4.33. The number of rotatable bonds is 4. The number of benzene rings is 1. The Morgan fingerprint density at radius 1 is 1.24 bits per heavy atom. The highest BCUT2D eigenvalue weighted by Crippen LogP contribution is 2.31. The van der Waals surface area contributed by atoms with Gasteiger partial charge in [-0.05, 0) is 24.6 Å². The zero-order valence-electron chi connectivity index (χ0n) is 10.6. The lowest BCUT2D eigenvalue weighted by Crippen LogP contribution is -2.52. The second kappa shape index (κ2) is 5.68. The summed E-state index contributed by atoms with van der Waals surface area (Å²) in [5.74, 6) is -3.69. The molecule has 0 radical (unpaired) electrons. The van der Waals surface area contributed by atoms with Crippen molar-refractivity contribution in [2.45, 2.75) is 24.9 Å². The maximum absolute atomic E-state index is 13.1. The van der Waals surface area contributed by atoms with Crippen LogP contribution in [0, 0.1) is 0 Å². The molecule has 2 atom stereocenters. The molecule has 9 heteroatoms. The van der Waals surface area contributed by atoms with Gasteiger partial charge in [0.1, 0.15) is 0 Å². The largest absolute Gasteiger partial charge is 0.547 e. The minimum absolute atomic E-state index is 0.168. The highest BCUT2D eigenvalue weighted by Gasteiger charge is 2.55. The number of alkyl halides is 4. The first-order valence-electron chi connectivity index (χ1n) is 5.52. The van der Waals surface area contributed by atoms with Gasteiger partial charge in [0.25, 0.3) is 5.91 Å². The van der Waals surface area contributed by atoms with Crippen LogP contribution >= 0.6 is 0 Å². The Balaban J connectivity index is 2.86. The predicted molar refractivity (Wildman–Crippen MR) is 60.6 cm³/mol. The van der Waals surface area contributed by atoms with Gasteiger partial charge in [-0.25, -0.2) is 4.39 Å². The molecule has 0 fully saturated rings. The second-order valence-electron chi connectivity index (χ2n) is 4.33. The van der Waals surface area contributed by atoms with Crippen LogP contribution in [0.15, 0.2) is 24.3 Å². The zero-order chi connectivity index (χ0) is 16.4. The molecule has 0 bridgehead atoms. The number of halogens is 4. The van der Waals surface area contributed by atoms with E-state index in [2.05, 4.69) is 0 Å². The molecule has 0 aliphatic rings. The molecule has 5 nitrogen and oxygen atoms in total. The third-order valence-electron chi connectivity index (χ3n) is 2.66. The molecular formula is C12H10F4NO4-. The predicted octanol–water partition coefficient (Wildman–Crippen LogP) is 0.699. The van der Waals surface area contributed by atoms with E-state index in [0.29, 0.717) is 0 Å². The number of aliphatic carboxylic acids is 1. The minimum atomic E-state index is -5.17. The van der Waals surface area contributed by atoms with Crippen molar-refractivity contribution < 1.29 is 37.4 Å². The summed E-state index contributed by atoms with van der Waals surface area (Å²) >= 11 is 0. The van der Waals surface area contributed by atoms with E-state index in [1.165, 1.54) is 0 Å². The van der Waals surface area contributed by atoms with Gasteiger partial charge < -0.3 is 20.3 Å². The Bertz CT molecular complexity index is 539. The third kappa shape index (κ3) is 3.69. The number of carbonyl (C=O) groups is 2. The van der Waals surface area contributed by atoms with Crippen LogP contribution in [0.25, 0.3) is 0 Å². The van der Waals surface area contributed by atoms with Gasteiger partial charge in [-0.15, -0.1) is 0 Å². The average Bonchev–Trinajstić information content (AvgIpc) is 2.37. The summed E-state index contributed by atoms with van der Waals surface area (Å²) in [4.78, 5) is 21.6. The lowest BCUT2D eigenvalue weighted by atomic mass is 10.1. The van der Waals surface area contributed by atoms with Crippen molar-refractivity contribution in [1.82, 2.24) is 0 Å². The summed E-state index contributed by atoms with van der Waals surface area (Å²) in [7, 11) is 0. The monoisotopic (exact) mass is 308 g/mol. The van der Waals surface area contributed by atoms with Crippen molar-refractivity contribution in [3.05, 3.63) is 29.8 Å². The molecule has 1 rings (SSSR count). The fourth-order valence-electron chi connectivity index (χ4n) is 1.25. The SMILES string of the molecule is CC(O)(C(=O)Nc1ccc(C(F)C(=O)[O-])cc1)C(F)(F)F. The quantitative estimate of drug-likeness (QED) is 0.801. The Hall–Kier alpha value is -2.16. The minimum Gasteiger partial charge on any atom is -0.547 e. The number of carboxylic acid groups (broad SMARTS) is 1. The zero-order valence-corrected chi connectivity index (χ0v) is 10.6. The van der Waals surface area contributed by atoms with Crippen molar-refractivity contribution in [2.24, 2.45) is 0 Å². The fraction of sp³-hybridized carbons (Fsp3) is 0.333. The fourth-order valence-corrected chi connectivity index (χ4v) is 1.25. The molecule has 21 heavy (non-hydrogen) atoms. The van der Waals surface area contributed by atoms with Crippen LogP contribution in [0.5, 0.6) is 0 Å². The molecule has 0 saturated carbocycles. The number of aliphatic hydroxyl groups is 1. The van der Waals surface area contributed by atoms with E-state index < -0.39 is 29.8 Å². The van der Waals surface area contributed by atoms with Gasteiger partial charge >= 0.3 is 6.18 Å². The maximum atomic E-state index is 13.1. The number of carboxylic acids is 1. The molecule has 1 aromatic carbocycles. The lowest BCUT2D eigenvalue weighted by Gasteiger charge is -2.24. The van der Waals surface area contributed by atoms with Crippen molar-refractivity contribution in [1.29, 1.82) is 0 Å². The molecule has 0 aromatic heterocycles. The van der Waals surface area contributed by atoms with Crippen LogP contribution in [0.2, 0.25) is 0 Å². The number of amides is 1. The third-order valence-corrected chi connectivity index (χ3v) is 2.66. The maximum Gasteiger partial charge on any atom is 0.426 e. The standard InChI is InChI=1S/C12H11F4NO4/c1-11(21,12(14,15)16)10(20)17-7-4-2-6(3-5-7)8(13)9(18)19/h2-5,8,21H,1H3,(H,17,20)(H,18,19)/p-1. The van der Waals surface area contributed by atoms with Crippen LogP contribution in [0.1, 0.15) is 18.7 Å². The first-order valence-corrected chi connectivity index (χ1v) is 5.52. The number of anilines is 1. The number of hydrogen-bond donors (Lipinski definition) is 2. The van der Waals surface area contributed by atoms with E-state index in [1.807, 2.05) is 0 Å². The van der Waals surface area contributed by atoms with Crippen molar-refractivity contribution in [2.75, 3.05) is 5.32 Å². The summed E-state index contributed by atoms with van der Waals surface area (Å²) in [6, 6.07) is 3.90. The van der Waals surface area contributed by atoms with E-state index >= 15 is 0 Å². The Morgan fingerprint density at radius 3 is 2.10 bits per heavy atom. The van der Waals surface area contributed by atoms with E-state index in [9.17, 15) is 32.3 Å². The van der Waals surface area contributed by atoms with Gasteiger partial charge in [-0.1, -0.05) is 12.1 Å². The van der Waals surface area contributed by atoms with Gasteiger partial charge in [0, 0.05) is 5.69 Å². The van der Waals surface area contributed by atoms with E-state index in [-0.39, 0.29) is 18.2 Å². The number of hydrogen-bond acceptors (Lipinski definition) is 4. The first-order chi connectivity index (χ1) is 9.46. The molecule has 2 unspecified atom stereocenters. The molecule has 0 spiro atoms. The van der Waals surface area contributed by atoms with Crippen LogP contribution in [-0.2, 0) is 9.59 Å². The molecule has 1 aromatic rings. The van der Waals surface area contributed by atoms with Gasteiger partial charge in [-0.2, -0.15) is 13.2 Å². The Labute approximate surface area is 116 Å². The van der Waals surface area contributed by atoms with Crippen LogP contribution in [0.4, 0.5) is 23.2 Å². The highest BCUT2D eigenvalue weighted by molar-refractivity contribution is 5.97. The molecule has 0 heterocycles. The molecule has 0 aliphatic carbocycles. The van der Waals surface area contributed by atoms with E-state index in [4.69, 9.17) is 5.11 Å². The van der Waals surface area contributed by atoms with Gasteiger partial charge in [0.2, 0.25) is 5.60 Å². The Morgan fingerprint density at radius 2 is 1.71 bits per heavy atom. The van der Waals surface area contributed by atoms with E-state index in [0.717, 1.165) is 24.3 Å². The number of nitrogens with one attached hydrogen (secondary N) is 1. The van der Waals surface area contributed by atoms with Gasteiger partial charge in [0.05, 0.1) is 5.97 Å². The molecule has 2 N–H and O–H groups in total. The molecule has 116 valence electrons. The smallest absolute Gasteiger partial charge is 0.426 e. The average molecular weight is 308 g/mol. The summed E-state index contributed by atoms with van der Waals surface area (Å²) < 4.78 is 50.3. The summed E-state index contributed by atoms with van der Waals surface area (Å²) in [5, 5.41) is 21.2. The van der Waals surface area contributed by atoms with Crippen LogP contribution in [-0.4, -0.2) is 28.8 Å². The summed E-state index contributed by atoms with van der Waals surface area (Å²) in [6.07, 6.45) is -7.57. The molecule has 1 amide bonds. The summed E-state index contributed by atoms with van der Waals surface area (Å²) in [5.41, 5.74) is -4.06. The number of carbonyl (C=O) groups excluding carboxylic acids is 2. The topological polar surface area (TPSA) is 89.5 Å². The van der Waals surface area contributed by atoms with Crippen LogP contribution in [0.3, 0.4) is 0 Å². The molecule has 0 saturated heterocycles. The molecular weight excluding hydrogens is 298 g/mol. The molecule has 0 aliphatic heterocycles. The summed E-state index contributed by atoms with van der Waals surface area (Å²) in [6.45, 7) is 0.282. The van der Waals surface area contributed by atoms with E-state index in [1.54, 1.807) is 5.32 Å². The van der Waals surface area contributed by atoms with Crippen molar-refractivity contribution in [3.63, 3.8) is 0 Å². The normalized spacial score (nSPS) is 15.9. The first kappa shape index (κ1) is 16.9. The van der Waals surface area contributed by atoms with Crippen molar-refractivity contribution >= 4 is 17.6 Å². The van der Waals surface area contributed by atoms with Gasteiger partial charge in [0.15, 0.2) is 6.17 Å². The van der Waals surface area contributed by atoms with Gasteiger partial charge in [-0.3, -0.25) is 4.79 Å². The lowest BCUT2D eigenvalue weighted by molar-refractivity contribution is -0.312.